The molecule has 0 bridgehead atoms. The number of hydrogen-bond donors (Lipinski definition) is 1. The molecule has 1 N–H and O–H groups in total. The van der Waals surface area contributed by atoms with E-state index in [0.717, 1.165) is 5.57 Å². The van der Waals surface area contributed by atoms with E-state index < -0.39 is 11.9 Å². The summed E-state index contributed by atoms with van der Waals surface area (Å²) < 4.78 is 22.1. The maximum atomic E-state index is 15.0. The number of aromatic nitrogens is 1. The molecule has 7 nitrogen and oxygen atoms in total. The second-order valence-corrected chi connectivity index (χ2v) is 8.56. The van der Waals surface area contributed by atoms with Crippen LogP contribution in [0.5, 0.6) is 0 Å². The van der Waals surface area contributed by atoms with Crippen LogP contribution in [0, 0.1) is 5.82 Å². The normalized spacial score (nSPS) is 18.4. The lowest BCUT2D eigenvalue weighted by Crippen LogP contribution is -2.35. The second-order valence-electron chi connectivity index (χ2n) is 7.95. The van der Waals surface area contributed by atoms with Crippen molar-refractivity contribution >= 4 is 40.5 Å². The molecule has 2 aliphatic rings. The lowest BCUT2D eigenvalue weighted by molar-refractivity contribution is 0.0763. The zero-order chi connectivity index (χ0) is 22.8. The molecule has 1 fully saturated rings. The molecule has 1 aromatic heterocycles. The monoisotopic (exact) mass is 456 g/mol. The number of benzene rings is 1. The molecule has 0 aliphatic carbocycles. The van der Waals surface area contributed by atoms with Crippen LogP contribution >= 0.6 is 12.2 Å². The van der Waals surface area contributed by atoms with E-state index in [1.54, 1.807) is 34.6 Å². The fraction of sp³-hybridized carbons (Fsp3) is 0.348. The molecule has 4 rings (SSSR count). The molecule has 1 atom stereocenters. The van der Waals surface area contributed by atoms with Crippen LogP contribution < -0.4 is 10.2 Å². The third kappa shape index (κ3) is 4.52. The molecular weight excluding hydrogens is 431 g/mol. The number of cyclic esters (lactones) is 1. The Balaban J connectivity index is 1.43. The molecule has 0 saturated carbocycles. The first-order valence-corrected chi connectivity index (χ1v) is 10.9. The van der Waals surface area contributed by atoms with Gasteiger partial charge in [0.1, 0.15) is 17.6 Å². The summed E-state index contributed by atoms with van der Waals surface area (Å²) >= 11 is 4.98. The minimum Gasteiger partial charge on any atom is -0.442 e. The van der Waals surface area contributed by atoms with Crippen molar-refractivity contribution in [3.63, 3.8) is 0 Å². The van der Waals surface area contributed by atoms with Gasteiger partial charge in [-0.15, -0.1) is 0 Å². The van der Waals surface area contributed by atoms with E-state index in [1.165, 1.54) is 11.0 Å². The number of carbonyl (C=O) groups excluding carboxylic acids is 2. The Morgan fingerprint density at radius 1 is 1.34 bits per heavy atom. The number of nitrogens with one attached hydrogen (secondary N) is 1. The quantitative estimate of drug-likeness (QED) is 0.699. The summed E-state index contributed by atoms with van der Waals surface area (Å²) in [5.74, 6) is -0.441. The van der Waals surface area contributed by atoms with Crippen LogP contribution in [0.4, 0.5) is 14.9 Å². The molecule has 0 radical (unpaired) electrons. The minimum atomic E-state index is -0.502. The number of anilines is 1. The van der Waals surface area contributed by atoms with Gasteiger partial charge in [-0.3, -0.25) is 9.69 Å². The molecule has 0 unspecified atom stereocenters. The first-order valence-electron chi connectivity index (χ1n) is 10.5. The van der Waals surface area contributed by atoms with E-state index in [2.05, 4.69) is 5.32 Å². The predicted octanol–water partition coefficient (Wildman–Crippen LogP) is 3.36. The summed E-state index contributed by atoms with van der Waals surface area (Å²) in [6.07, 6.45) is 3.43. The van der Waals surface area contributed by atoms with Gasteiger partial charge in [-0.1, -0.05) is 18.3 Å². The smallest absolute Gasteiger partial charge is 0.414 e. The van der Waals surface area contributed by atoms with Crippen LogP contribution in [0.25, 0.3) is 5.57 Å². The van der Waals surface area contributed by atoms with Gasteiger partial charge >= 0.3 is 6.09 Å². The summed E-state index contributed by atoms with van der Waals surface area (Å²) in [6.45, 7) is 3.44. The largest absolute Gasteiger partial charge is 0.442 e. The molecule has 9 heteroatoms. The molecule has 2 aliphatic heterocycles. The molecule has 3 heterocycles. The third-order valence-electron chi connectivity index (χ3n) is 5.72. The van der Waals surface area contributed by atoms with E-state index in [4.69, 9.17) is 17.0 Å². The van der Waals surface area contributed by atoms with Crippen molar-refractivity contribution in [3.05, 3.63) is 59.7 Å². The van der Waals surface area contributed by atoms with Gasteiger partial charge in [0, 0.05) is 31.9 Å². The van der Waals surface area contributed by atoms with Gasteiger partial charge in [-0.05, 0) is 49.2 Å². The first-order chi connectivity index (χ1) is 15.3. The average Bonchev–Trinajstić information content (AvgIpc) is 3.37. The number of thiocarbonyl (C=S) groups is 1. The van der Waals surface area contributed by atoms with Crippen LogP contribution in [0.3, 0.4) is 0 Å². The van der Waals surface area contributed by atoms with Crippen molar-refractivity contribution < 1.29 is 18.7 Å². The number of aryl methyl sites for hydroxylation is 1. The van der Waals surface area contributed by atoms with Crippen molar-refractivity contribution in [3.8, 4) is 0 Å². The maximum absolute atomic E-state index is 15.0. The number of nitrogens with zero attached hydrogens (tertiary/aromatic N) is 3. The predicted molar refractivity (Wildman–Crippen MR) is 124 cm³/mol. The van der Waals surface area contributed by atoms with E-state index >= 15 is 0 Å². The number of hydrogen-bond acceptors (Lipinski definition) is 4. The minimum absolute atomic E-state index is 0.0379. The SMILES string of the molecule is CC(=S)NC[C@H]1CN(c2ccc(C3=CCN(C(=O)c4cccn4C)CC3)c(F)c2)C(=O)O1. The van der Waals surface area contributed by atoms with Crippen molar-refractivity contribution in [1.29, 1.82) is 0 Å². The molecule has 1 aromatic carbocycles. The Labute approximate surface area is 191 Å². The van der Waals surface area contributed by atoms with E-state index in [0.29, 0.717) is 54.5 Å². The van der Waals surface area contributed by atoms with Gasteiger partial charge in [0.15, 0.2) is 0 Å². The highest BCUT2D eigenvalue weighted by Crippen LogP contribution is 2.30. The summed E-state index contributed by atoms with van der Waals surface area (Å²) in [4.78, 5) is 28.7. The van der Waals surface area contributed by atoms with Gasteiger partial charge in [0.05, 0.1) is 23.8 Å². The highest BCUT2D eigenvalue weighted by Gasteiger charge is 2.32. The molecule has 168 valence electrons. The maximum Gasteiger partial charge on any atom is 0.414 e. The van der Waals surface area contributed by atoms with Crippen LogP contribution in [-0.4, -0.2) is 58.7 Å². The molecular formula is C23H25FN4O3S. The van der Waals surface area contributed by atoms with E-state index in [9.17, 15) is 14.0 Å². The lowest BCUT2D eigenvalue weighted by Gasteiger charge is -2.27. The van der Waals surface area contributed by atoms with Gasteiger partial charge in [0.2, 0.25) is 0 Å². The Morgan fingerprint density at radius 3 is 2.78 bits per heavy atom. The fourth-order valence-corrected chi connectivity index (χ4v) is 4.06. The van der Waals surface area contributed by atoms with E-state index in [1.807, 2.05) is 25.4 Å². The number of halogens is 1. The highest BCUT2D eigenvalue weighted by molar-refractivity contribution is 7.80. The zero-order valence-corrected chi connectivity index (χ0v) is 18.8. The van der Waals surface area contributed by atoms with Crippen molar-refractivity contribution in [2.75, 3.05) is 31.1 Å². The topological polar surface area (TPSA) is 66.8 Å². The average molecular weight is 457 g/mol. The van der Waals surface area contributed by atoms with Crippen molar-refractivity contribution in [1.82, 2.24) is 14.8 Å². The summed E-state index contributed by atoms with van der Waals surface area (Å²) in [5.41, 5.74) is 2.42. The van der Waals surface area contributed by atoms with Crippen LogP contribution in [0.15, 0.2) is 42.6 Å². The first kappa shape index (κ1) is 22.0. The van der Waals surface area contributed by atoms with E-state index in [-0.39, 0.29) is 12.0 Å². The van der Waals surface area contributed by atoms with Gasteiger partial charge < -0.3 is 19.5 Å². The fourth-order valence-electron chi connectivity index (χ4n) is 3.97. The molecule has 1 saturated heterocycles. The zero-order valence-electron chi connectivity index (χ0n) is 18.0. The summed E-state index contributed by atoms with van der Waals surface area (Å²) in [6, 6.07) is 8.40. The highest BCUT2D eigenvalue weighted by atomic mass is 32.1. The standard InChI is InChI=1S/C23H25FN4O3S/c1-15(32)25-13-18-14-28(23(30)31-18)17-5-6-19(20(24)12-17)16-7-10-27(11-8-16)22(29)21-4-3-9-26(21)2/h3-7,9,12,18H,8,10-11,13-14H2,1-2H3,(H,25,32)/t18-/m0/s1. The summed E-state index contributed by atoms with van der Waals surface area (Å²) in [7, 11) is 1.84. The lowest BCUT2D eigenvalue weighted by atomic mass is 9.98. The molecule has 32 heavy (non-hydrogen) atoms. The molecule has 2 aromatic rings. The summed E-state index contributed by atoms with van der Waals surface area (Å²) in [5, 5.41) is 2.98. The number of rotatable bonds is 5. The Kier molecular flexibility index (Phi) is 6.27. The Morgan fingerprint density at radius 2 is 2.16 bits per heavy atom. The van der Waals surface area contributed by atoms with Crippen LogP contribution in [0.1, 0.15) is 29.4 Å². The molecule has 2 amide bonds. The number of carbonyl (C=O) groups is 2. The Hall–Kier alpha value is -3.20. The van der Waals surface area contributed by atoms with Crippen molar-refractivity contribution in [2.24, 2.45) is 7.05 Å². The van der Waals surface area contributed by atoms with Gasteiger partial charge in [-0.25, -0.2) is 9.18 Å². The van der Waals surface area contributed by atoms with Gasteiger partial charge in [-0.2, -0.15) is 0 Å². The Bertz CT molecular complexity index is 1100. The number of ether oxygens (including phenoxy) is 1. The molecule has 0 spiro atoms. The van der Waals surface area contributed by atoms with Crippen LogP contribution in [0.2, 0.25) is 0 Å². The number of amides is 2. The van der Waals surface area contributed by atoms with Crippen LogP contribution in [-0.2, 0) is 11.8 Å². The van der Waals surface area contributed by atoms with Gasteiger partial charge in [0.25, 0.3) is 5.91 Å². The van der Waals surface area contributed by atoms with Crippen molar-refractivity contribution in [2.45, 2.75) is 19.4 Å². The second kappa shape index (κ2) is 9.12. The third-order valence-corrected chi connectivity index (χ3v) is 5.87.